The van der Waals surface area contributed by atoms with Gasteiger partial charge in [0.25, 0.3) is 0 Å². The summed E-state index contributed by atoms with van der Waals surface area (Å²) in [6.07, 6.45) is 1.81. The predicted octanol–water partition coefficient (Wildman–Crippen LogP) is 0.618. The van der Waals surface area contributed by atoms with Crippen LogP contribution in [0.1, 0.15) is 13.8 Å². The normalized spacial score (nSPS) is 19.3. The van der Waals surface area contributed by atoms with Gasteiger partial charge in [-0.3, -0.25) is 4.79 Å². The number of rotatable bonds is 3. The summed E-state index contributed by atoms with van der Waals surface area (Å²) in [5, 5.41) is 8.44. The number of nitrogens with zero attached hydrogens (tertiary/aromatic N) is 5. The molecule has 2 aliphatic heterocycles. The van der Waals surface area contributed by atoms with E-state index in [1.54, 1.807) is 0 Å². The second-order valence-electron chi connectivity index (χ2n) is 6.34. The van der Waals surface area contributed by atoms with E-state index < -0.39 is 0 Å². The van der Waals surface area contributed by atoms with Crippen molar-refractivity contribution in [2.75, 3.05) is 62.3 Å². The second-order valence-corrected chi connectivity index (χ2v) is 6.34. The highest BCUT2D eigenvalue weighted by Gasteiger charge is 2.24. The predicted molar refractivity (Wildman–Crippen MR) is 88.7 cm³/mol. The average Bonchev–Trinajstić information content (AvgIpc) is 2.62. The zero-order valence-corrected chi connectivity index (χ0v) is 13.9. The summed E-state index contributed by atoms with van der Waals surface area (Å²) in [6.45, 7) is 10.3. The lowest BCUT2D eigenvalue weighted by Crippen LogP contribution is -2.50. The van der Waals surface area contributed by atoms with Crippen LogP contribution >= 0.6 is 0 Å². The van der Waals surface area contributed by atoms with Crippen molar-refractivity contribution < 1.29 is 9.53 Å². The highest BCUT2D eigenvalue weighted by molar-refractivity contribution is 5.78. The van der Waals surface area contributed by atoms with Crippen LogP contribution in [0.15, 0.2) is 12.3 Å². The van der Waals surface area contributed by atoms with Crippen molar-refractivity contribution in [3.8, 4) is 0 Å². The van der Waals surface area contributed by atoms with Crippen molar-refractivity contribution in [1.82, 2.24) is 15.1 Å². The molecule has 1 aromatic heterocycles. The van der Waals surface area contributed by atoms with E-state index in [0.717, 1.165) is 64.0 Å². The van der Waals surface area contributed by atoms with Crippen LogP contribution in [0.5, 0.6) is 0 Å². The molecule has 0 radical (unpaired) electrons. The van der Waals surface area contributed by atoms with Crippen molar-refractivity contribution in [2.24, 2.45) is 5.92 Å². The summed E-state index contributed by atoms with van der Waals surface area (Å²) in [5.41, 5.74) is 1.10. The number of hydrogen-bond acceptors (Lipinski definition) is 6. The van der Waals surface area contributed by atoms with E-state index in [2.05, 4.69) is 26.1 Å². The number of aromatic nitrogens is 2. The second kappa shape index (κ2) is 7.12. The molecule has 3 rings (SSSR count). The monoisotopic (exact) mass is 319 g/mol. The van der Waals surface area contributed by atoms with Gasteiger partial charge < -0.3 is 19.4 Å². The van der Waals surface area contributed by atoms with Gasteiger partial charge in [0.05, 0.1) is 25.1 Å². The van der Waals surface area contributed by atoms with E-state index in [-0.39, 0.29) is 11.8 Å². The molecule has 0 aliphatic carbocycles. The van der Waals surface area contributed by atoms with E-state index in [0.29, 0.717) is 0 Å². The van der Waals surface area contributed by atoms with Crippen LogP contribution in [-0.2, 0) is 9.53 Å². The fourth-order valence-electron chi connectivity index (χ4n) is 3.02. The molecule has 2 aliphatic rings. The number of anilines is 2. The molecule has 0 N–H and O–H groups in total. The molecule has 1 amide bonds. The fraction of sp³-hybridized carbons (Fsp3) is 0.688. The minimum atomic E-state index is 0.0611. The molecule has 0 bridgehead atoms. The third-order valence-electron chi connectivity index (χ3n) is 4.41. The Balaban J connectivity index is 1.63. The van der Waals surface area contributed by atoms with Gasteiger partial charge in [0.2, 0.25) is 5.91 Å². The quantitative estimate of drug-likeness (QED) is 0.814. The Morgan fingerprint density at radius 3 is 2.43 bits per heavy atom. The summed E-state index contributed by atoms with van der Waals surface area (Å²) in [7, 11) is 0. The Labute approximate surface area is 137 Å². The smallest absolute Gasteiger partial charge is 0.225 e. The van der Waals surface area contributed by atoms with Crippen LogP contribution in [0, 0.1) is 5.92 Å². The molecule has 0 spiro atoms. The van der Waals surface area contributed by atoms with Crippen molar-refractivity contribution in [2.45, 2.75) is 13.8 Å². The molecule has 2 fully saturated rings. The average molecular weight is 319 g/mol. The summed E-state index contributed by atoms with van der Waals surface area (Å²) < 4.78 is 5.40. The van der Waals surface area contributed by atoms with Crippen LogP contribution < -0.4 is 9.80 Å². The van der Waals surface area contributed by atoms with Gasteiger partial charge >= 0.3 is 0 Å². The van der Waals surface area contributed by atoms with Crippen LogP contribution in [0.4, 0.5) is 11.5 Å². The molecule has 2 saturated heterocycles. The number of morpholine rings is 1. The van der Waals surface area contributed by atoms with Gasteiger partial charge in [-0.25, -0.2) is 0 Å². The topological polar surface area (TPSA) is 61.8 Å². The Hall–Kier alpha value is -1.89. The fourth-order valence-corrected chi connectivity index (χ4v) is 3.02. The maximum atomic E-state index is 12.1. The van der Waals surface area contributed by atoms with Crippen LogP contribution in [0.3, 0.4) is 0 Å². The maximum Gasteiger partial charge on any atom is 0.225 e. The van der Waals surface area contributed by atoms with E-state index in [4.69, 9.17) is 4.74 Å². The Bertz CT molecular complexity index is 537. The van der Waals surface area contributed by atoms with Gasteiger partial charge in [-0.1, -0.05) is 13.8 Å². The lowest BCUT2D eigenvalue weighted by Gasteiger charge is -2.36. The van der Waals surface area contributed by atoms with Gasteiger partial charge in [0, 0.05) is 51.3 Å². The van der Waals surface area contributed by atoms with Gasteiger partial charge in [-0.05, 0) is 0 Å². The van der Waals surface area contributed by atoms with Crippen LogP contribution in [0.25, 0.3) is 0 Å². The first-order valence-electron chi connectivity index (χ1n) is 8.34. The Morgan fingerprint density at radius 1 is 1.09 bits per heavy atom. The molecule has 0 unspecified atom stereocenters. The highest BCUT2D eigenvalue weighted by Crippen LogP contribution is 2.21. The number of amides is 1. The molecule has 126 valence electrons. The van der Waals surface area contributed by atoms with Gasteiger partial charge in [-0.15, -0.1) is 5.10 Å². The number of carbonyl (C=O) groups excluding carboxylic acids is 1. The third kappa shape index (κ3) is 3.72. The SMILES string of the molecule is CC(C)C(=O)N1CCN(c2cc(N3CCOCC3)cnn2)CC1. The summed E-state index contributed by atoms with van der Waals surface area (Å²) >= 11 is 0. The van der Waals surface area contributed by atoms with Gasteiger partial charge in [-0.2, -0.15) is 5.10 Å². The first-order chi connectivity index (χ1) is 11.1. The maximum absolute atomic E-state index is 12.1. The third-order valence-corrected chi connectivity index (χ3v) is 4.41. The zero-order valence-electron chi connectivity index (χ0n) is 13.9. The molecule has 23 heavy (non-hydrogen) atoms. The zero-order chi connectivity index (χ0) is 16.2. The molecular weight excluding hydrogens is 294 g/mol. The molecular formula is C16H25N5O2. The van der Waals surface area contributed by atoms with E-state index in [1.165, 1.54) is 0 Å². The molecule has 0 atom stereocenters. The molecule has 3 heterocycles. The van der Waals surface area contributed by atoms with Gasteiger partial charge in [0.15, 0.2) is 5.82 Å². The Kier molecular flexibility index (Phi) is 4.95. The highest BCUT2D eigenvalue weighted by atomic mass is 16.5. The minimum Gasteiger partial charge on any atom is -0.378 e. The largest absolute Gasteiger partial charge is 0.378 e. The van der Waals surface area contributed by atoms with Gasteiger partial charge in [0.1, 0.15) is 0 Å². The number of hydrogen-bond donors (Lipinski definition) is 0. The van der Waals surface area contributed by atoms with E-state index in [9.17, 15) is 4.79 Å². The van der Waals surface area contributed by atoms with Crippen molar-refractivity contribution >= 4 is 17.4 Å². The summed E-state index contributed by atoms with van der Waals surface area (Å²) in [5.74, 6) is 1.19. The molecule has 1 aromatic rings. The van der Waals surface area contributed by atoms with Crippen LogP contribution in [0.2, 0.25) is 0 Å². The standard InChI is InChI=1S/C16H25N5O2/c1-13(2)16(22)21-5-3-20(4-6-21)15-11-14(12-17-18-15)19-7-9-23-10-8-19/h11-13H,3-10H2,1-2H3. The lowest BCUT2D eigenvalue weighted by atomic mass is 10.1. The molecule has 7 heteroatoms. The number of piperazine rings is 1. The van der Waals surface area contributed by atoms with E-state index >= 15 is 0 Å². The Morgan fingerprint density at radius 2 is 1.78 bits per heavy atom. The minimum absolute atomic E-state index is 0.0611. The first-order valence-corrected chi connectivity index (χ1v) is 8.34. The molecule has 7 nitrogen and oxygen atoms in total. The van der Waals surface area contributed by atoms with Crippen molar-refractivity contribution in [3.05, 3.63) is 12.3 Å². The first kappa shape index (κ1) is 16.0. The summed E-state index contributed by atoms with van der Waals surface area (Å²) in [6, 6.07) is 2.10. The van der Waals surface area contributed by atoms with Crippen LogP contribution in [-0.4, -0.2) is 73.5 Å². The van der Waals surface area contributed by atoms with Crippen molar-refractivity contribution in [1.29, 1.82) is 0 Å². The molecule has 0 aromatic carbocycles. The summed E-state index contributed by atoms with van der Waals surface area (Å²) in [4.78, 5) is 18.5. The molecule has 0 saturated carbocycles. The van der Waals surface area contributed by atoms with E-state index in [1.807, 2.05) is 24.9 Å². The number of ether oxygens (including phenoxy) is 1. The number of carbonyl (C=O) groups is 1. The van der Waals surface area contributed by atoms with Crippen molar-refractivity contribution in [3.63, 3.8) is 0 Å². The lowest BCUT2D eigenvalue weighted by molar-refractivity contribution is -0.134.